The molecule has 1 aliphatic heterocycles. The summed E-state index contributed by atoms with van der Waals surface area (Å²) in [5, 5.41) is 11.6. The molecular formula is C14H16N4O3. The number of hydrogen-bond donors (Lipinski definition) is 0. The number of aryl methyl sites for hydroxylation is 1. The Morgan fingerprint density at radius 2 is 1.95 bits per heavy atom. The zero-order valence-electron chi connectivity index (χ0n) is 11.8. The van der Waals surface area contributed by atoms with E-state index in [1.165, 1.54) is 17.0 Å². The molecule has 7 heteroatoms. The first-order chi connectivity index (χ1) is 10.1. The highest BCUT2D eigenvalue weighted by molar-refractivity contribution is 5.87. The van der Waals surface area contributed by atoms with Crippen LogP contribution in [0, 0.1) is 10.1 Å². The van der Waals surface area contributed by atoms with E-state index in [2.05, 4.69) is 4.98 Å². The number of hydrogen-bond acceptors (Lipinski definition) is 5. The van der Waals surface area contributed by atoms with E-state index in [9.17, 15) is 14.9 Å². The van der Waals surface area contributed by atoms with Gasteiger partial charge in [0.15, 0.2) is 0 Å². The van der Waals surface area contributed by atoms with Crippen LogP contribution in [0.3, 0.4) is 0 Å². The van der Waals surface area contributed by atoms with Gasteiger partial charge in [-0.15, -0.1) is 0 Å². The lowest BCUT2D eigenvalue weighted by molar-refractivity contribution is -0.384. The Morgan fingerprint density at radius 1 is 1.24 bits per heavy atom. The fraction of sp³-hybridized carbons (Fsp3) is 0.429. The number of anilines is 1. The summed E-state index contributed by atoms with van der Waals surface area (Å²) in [4.78, 5) is 29.2. The SMILES string of the molecule is Cn1cnc2cc(N3CCCCC3)c([N+](=O)[O-])cc2c1=O. The molecule has 1 aromatic heterocycles. The molecule has 0 spiro atoms. The Labute approximate surface area is 121 Å². The lowest BCUT2D eigenvalue weighted by Gasteiger charge is -2.28. The van der Waals surface area contributed by atoms with E-state index in [1.807, 2.05) is 4.90 Å². The quantitative estimate of drug-likeness (QED) is 0.622. The molecule has 0 bridgehead atoms. The Kier molecular flexibility index (Phi) is 3.32. The second kappa shape index (κ2) is 5.16. The number of nitro benzene ring substituents is 1. The first-order valence-electron chi connectivity index (χ1n) is 6.96. The third kappa shape index (κ3) is 2.35. The van der Waals surface area contributed by atoms with Crippen LogP contribution in [0.5, 0.6) is 0 Å². The maximum absolute atomic E-state index is 12.1. The lowest BCUT2D eigenvalue weighted by Crippen LogP contribution is -2.30. The predicted molar refractivity (Wildman–Crippen MR) is 79.7 cm³/mol. The summed E-state index contributed by atoms with van der Waals surface area (Å²) >= 11 is 0. The molecule has 0 radical (unpaired) electrons. The average molecular weight is 288 g/mol. The zero-order chi connectivity index (χ0) is 15.0. The van der Waals surface area contributed by atoms with Crippen molar-refractivity contribution in [3.8, 4) is 0 Å². The molecule has 1 aliphatic rings. The van der Waals surface area contributed by atoms with E-state index in [0.717, 1.165) is 32.4 Å². The molecule has 0 atom stereocenters. The number of rotatable bonds is 2. The fourth-order valence-electron chi connectivity index (χ4n) is 2.77. The van der Waals surface area contributed by atoms with E-state index in [-0.39, 0.29) is 16.6 Å². The van der Waals surface area contributed by atoms with Gasteiger partial charge in [-0.05, 0) is 25.3 Å². The Hall–Kier alpha value is -2.44. The smallest absolute Gasteiger partial charge is 0.293 e. The first-order valence-corrected chi connectivity index (χ1v) is 6.96. The first kappa shape index (κ1) is 13.5. The maximum Gasteiger partial charge on any atom is 0.293 e. The molecule has 1 saturated heterocycles. The van der Waals surface area contributed by atoms with Crippen molar-refractivity contribution in [1.82, 2.24) is 9.55 Å². The molecule has 21 heavy (non-hydrogen) atoms. The summed E-state index contributed by atoms with van der Waals surface area (Å²) in [6.45, 7) is 1.61. The Morgan fingerprint density at radius 3 is 2.62 bits per heavy atom. The monoisotopic (exact) mass is 288 g/mol. The molecular weight excluding hydrogens is 272 g/mol. The molecule has 0 amide bonds. The molecule has 0 unspecified atom stereocenters. The van der Waals surface area contributed by atoms with Gasteiger partial charge in [-0.25, -0.2) is 4.98 Å². The number of nitro groups is 1. The van der Waals surface area contributed by atoms with E-state index in [1.54, 1.807) is 13.1 Å². The van der Waals surface area contributed by atoms with Crippen molar-refractivity contribution in [2.45, 2.75) is 19.3 Å². The van der Waals surface area contributed by atoms with E-state index < -0.39 is 4.92 Å². The molecule has 1 aromatic carbocycles. The van der Waals surface area contributed by atoms with Gasteiger partial charge < -0.3 is 9.47 Å². The van der Waals surface area contributed by atoms with Crippen molar-refractivity contribution >= 4 is 22.3 Å². The van der Waals surface area contributed by atoms with Gasteiger partial charge in [0.05, 0.1) is 22.2 Å². The van der Waals surface area contributed by atoms with Gasteiger partial charge >= 0.3 is 0 Å². The second-order valence-electron chi connectivity index (χ2n) is 5.32. The molecule has 7 nitrogen and oxygen atoms in total. The number of piperidine rings is 1. The van der Waals surface area contributed by atoms with Gasteiger partial charge in [0.25, 0.3) is 11.2 Å². The topological polar surface area (TPSA) is 81.3 Å². The number of fused-ring (bicyclic) bond motifs is 1. The molecule has 0 N–H and O–H groups in total. The van der Waals surface area contributed by atoms with Crippen LogP contribution in [0.2, 0.25) is 0 Å². The van der Waals surface area contributed by atoms with Crippen LogP contribution in [0.25, 0.3) is 10.9 Å². The van der Waals surface area contributed by atoms with Crippen LogP contribution in [0.15, 0.2) is 23.3 Å². The summed E-state index contributed by atoms with van der Waals surface area (Å²) < 4.78 is 1.33. The molecule has 110 valence electrons. The second-order valence-corrected chi connectivity index (χ2v) is 5.32. The summed E-state index contributed by atoms with van der Waals surface area (Å²) in [6.07, 6.45) is 4.64. The highest BCUT2D eigenvalue weighted by Crippen LogP contribution is 2.32. The minimum Gasteiger partial charge on any atom is -0.366 e. The average Bonchev–Trinajstić information content (AvgIpc) is 2.51. The Balaban J connectivity index is 2.23. The molecule has 3 rings (SSSR count). The fourth-order valence-corrected chi connectivity index (χ4v) is 2.77. The van der Waals surface area contributed by atoms with Gasteiger partial charge in [0.2, 0.25) is 0 Å². The van der Waals surface area contributed by atoms with E-state index in [0.29, 0.717) is 11.2 Å². The number of benzene rings is 1. The van der Waals surface area contributed by atoms with Crippen molar-refractivity contribution < 1.29 is 4.92 Å². The zero-order valence-corrected chi connectivity index (χ0v) is 11.8. The maximum atomic E-state index is 12.1. The predicted octanol–water partition coefficient (Wildman–Crippen LogP) is 1.83. The van der Waals surface area contributed by atoms with Gasteiger partial charge in [0, 0.05) is 26.2 Å². The minimum absolute atomic E-state index is 0.0190. The summed E-state index contributed by atoms with van der Waals surface area (Å²) in [7, 11) is 1.58. The van der Waals surface area contributed by atoms with Crippen LogP contribution in [-0.2, 0) is 7.05 Å². The van der Waals surface area contributed by atoms with E-state index >= 15 is 0 Å². The lowest BCUT2D eigenvalue weighted by atomic mass is 10.1. The summed E-state index contributed by atoms with van der Waals surface area (Å²) in [5.74, 6) is 0. The van der Waals surface area contributed by atoms with Crippen LogP contribution in [-0.4, -0.2) is 27.6 Å². The van der Waals surface area contributed by atoms with Crippen LogP contribution < -0.4 is 10.5 Å². The molecule has 1 fully saturated rings. The van der Waals surface area contributed by atoms with Crippen molar-refractivity contribution in [3.63, 3.8) is 0 Å². The minimum atomic E-state index is -0.421. The van der Waals surface area contributed by atoms with Crippen molar-refractivity contribution in [2.24, 2.45) is 7.05 Å². The Bertz CT molecular complexity index is 763. The van der Waals surface area contributed by atoms with Gasteiger partial charge in [-0.1, -0.05) is 0 Å². The summed E-state index contributed by atoms with van der Waals surface area (Å²) in [6, 6.07) is 3.02. The third-order valence-corrected chi connectivity index (χ3v) is 3.91. The highest BCUT2D eigenvalue weighted by Gasteiger charge is 2.23. The summed E-state index contributed by atoms with van der Waals surface area (Å²) in [5.41, 5.74) is 0.778. The van der Waals surface area contributed by atoms with Crippen LogP contribution in [0.4, 0.5) is 11.4 Å². The van der Waals surface area contributed by atoms with Crippen LogP contribution >= 0.6 is 0 Å². The van der Waals surface area contributed by atoms with Gasteiger partial charge in [-0.2, -0.15) is 0 Å². The normalized spacial score (nSPS) is 15.4. The van der Waals surface area contributed by atoms with Crippen LogP contribution in [0.1, 0.15) is 19.3 Å². The van der Waals surface area contributed by atoms with Crippen molar-refractivity contribution in [1.29, 1.82) is 0 Å². The highest BCUT2D eigenvalue weighted by atomic mass is 16.6. The molecule has 2 heterocycles. The number of nitrogens with zero attached hydrogens (tertiary/aromatic N) is 4. The van der Waals surface area contributed by atoms with Crippen molar-refractivity contribution in [3.05, 3.63) is 38.9 Å². The van der Waals surface area contributed by atoms with Gasteiger partial charge in [-0.3, -0.25) is 14.9 Å². The number of aromatic nitrogens is 2. The molecule has 0 saturated carbocycles. The van der Waals surface area contributed by atoms with Crippen molar-refractivity contribution in [2.75, 3.05) is 18.0 Å². The largest absolute Gasteiger partial charge is 0.366 e. The molecule has 2 aromatic rings. The van der Waals surface area contributed by atoms with E-state index in [4.69, 9.17) is 0 Å². The third-order valence-electron chi connectivity index (χ3n) is 3.91. The van der Waals surface area contributed by atoms with Gasteiger partial charge in [0.1, 0.15) is 5.69 Å². The standard InChI is InChI=1S/C14H16N4O3/c1-16-9-15-11-8-12(17-5-3-2-4-6-17)13(18(20)21)7-10(11)14(16)19/h7-9H,2-6H2,1H3. The molecule has 0 aliphatic carbocycles.